The molecule has 0 aliphatic rings. The highest BCUT2D eigenvalue weighted by Crippen LogP contribution is 2.12. The van der Waals surface area contributed by atoms with E-state index >= 15 is 0 Å². The molecule has 0 aliphatic heterocycles. The van der Waals surface area contributed by atoms with Crippen LogP contribution < -0.4 is 11.5 Å². The number of carboxylic acids is 1. The number of nitrogen functional groups attached to an aromatic ring is 1. The number of aliphatic carboxylic acids is 1. The lowest BCUT2D eigenvalue weighted by Crippen LogP contribution is -2.31. The molecule has 1 atom stereocenters. The average Bonchev–Trinajstić information content (AvgIpc) is 2.29. The Hall–Kier alpha value is -1.86. The molecule has 0 radical (unpaired) electrons. The average molecular weight is 306 g/mol. The van der Waals surface area contributed by atoms with Gasteiger partial charge >= 0.3 is 5.97 Å². The van der Waals surface area contributed by atoms with E-state index in [4.69, 9.17) is 16.6 Å². The van der Waals surface area contributed by atoms with Crippen LogP contribution in [0.25, 0.3) is 0 Å². The molecule has 0 unspecified atom stereocenters. The highest BCUT2D eigenvalue weighted by molar-refractivity contribution is 5.85. The number of non-ortho nitro benzene ring substituents is 1. The van der Waals surface area contributed by atoms with Crippen LogP contribution in [0.4, 0.5) is 11.4 Å². The van der Waals surface area contributed by atoms with Crippen molar-refractivity contribution in [2.45, 2.75) is 26.3 Å². The summed E-state index contributed by atoms with van der Waals surface area (Å²) in [6, 6.07) is 5.05. The minimum atomic E-state index is -0.913. The van der Waals surface area contributed by atoms with E-state index < -0.39 is 16.9 Å². The van der Waals surface area contributed by atoms with E-state index in [0.717, 1.165) is 0 Å². The quantitative estimate of drug-likeness (QED) is 0.443. The Morgan fingerprint density at radius 2 is 1.80 bits per heavy atom. The van der Waals surface area contributed by atoms with Gasteiger partial charge in [-0.1, -0.05) is 13.8 Å². The van der Waals surface area contributed by atoms with Gasteiger partial charge in [-0.15, -0.1) is 12.4 Å². The summed E-state index contributed by atoms with van der Waals surface area (Å²) in [5.41, 5.74) is 11.1. The minimum Gasteiger partial charge on any atom is -0.480 e. The summed E-state index contributed by atoms with van der Waals surface area (Å²) in [6.07, 6.45) is 0.551. The van der Waals surface area contributed by atoms with E-state index in [0.29, 0.717) is 18.0 Å². The monoisotopic (exact) mass is 305 g/mol. The summed E-state index contributed by atoms with van der Waals surface area (Å²) in [6.45, 7) is 3.89. The van der Waals surface area contributed by atoms with Crippen molar-refractivity contribution in [2.75, 3.05) is 5.73 Å². The zero-order valence-corrected chi connectivity index (χ0v) is 12.2. The Morgan fingerprint density at radius 3 is 2.05 bits per heavy atom. The van der Waals surface area contributed by atoms with E-state index in [-0.39, 0.29) is 18.1 Å². The van der Waals surface area contributed by atoms with Crippen molar-refractivity contribution in [1.29, 1.82) is 0 Å². The molecule has 1 aromatic rings. The van der Waals surface area contributed by atoms with Gasteiger partial charge in [0, 0.05) is 17.8 Å². The van der Waals surface area contributed by atoms with Gasteiger partial charge in [-0.05, 0) is 24.5 Å². The molecule has 8 heteroatoms. The predicted molar refractivity (Wildman–Crippen MR) is 79.8 cm³/mol. The third-order valence-electron chi connectivity index (χ3n) is 2.15. The first-order chi connectivity index (χ1) is 8.73. The molecule has 0 amide bonds. The fraction of sp³-hybridized carbons (Fsp3) is 0.417. The molecule has 0 saturated heterocycles. The number of benzene rings is 1. The van der Waals surface area contributed by atoms with Crippen LogP contribution in [0.2, 0.25) is 0 Å². The zero-order valence-electron chi connectivity index (χ0n) is 11.4. The fourth-order valence-corrected chi connectivity index (χ4v) is 1.20. The molecular formula is C12H20ClN3O4. The van der Waals surface area contributed by atoms with Crippen LogP contribution >= 0.6 is 12.4 Å². The number of carboxylic acid groups (broad SMARTS) is 1. The highest BCUT2D eigenvalue weighted by Gasteiger charge is 2.11. The molecule has 7 nitrogen and oxygen atoms in total. The lowest BCUT2D eigenvalue weighted by Gasteiger charge is -2.07. The summed E-state index contributed by atoms with van der Waals surface area (Å²) < 4.78 is 0. The van der Waals surface area contributed by atoms with Crippen molar-refractivity contribution < 1.29 is 14.8 Å². The number of nitro benzene ring substituents is 1. The molecular weight excluding hydrogens is 286 g/mol. The van der Waals surface area contributed by atoms with Gasteiger partial charge in [-0.3, -0.25) is 14.9 Å². The molecule has 0 fully saturated rings. The number of carbonyl (C=O) groups is 1. The molecule has 0 aromatic heterocycles. The molecule has 114 valence electrons. The first-order valence-electron chi connectivity index (χ1n) is 5.72. The Balaban J connectivity index is 0. The molecule has 0 saturated carbocycles. The maximum Gasteiger partial charge on any atom is 0.320 e. The summed E-state index contributed by atoms with van der Waals surface area (Å²) in [5, 5.41) is 18.4. The second-order valence-corrected chi connectivity index (χ2v) is 4.42. The Labute approximate surface area is 123 Å². The van der Waals surface area contributed by atoms with Crippen LogP contribution in [-0.4, -0.2) is 22.0 Å². The third kappa shape index (κ3) is 9.12. The number of rotatable bonds is 4. The minimum absolute atomic E-state index is 0. The SMILES string of the molecule is CC(C)C[C@H](N)C(=O)O.Cl.Nc1ccc([N+](=O)[O-])cc1. The number of nitro groups is 1. The molecule has 0 heterocycles. The number of nitrogens with two attached hydrogens (primary N) is 2. The first kappa shape index (κ1) is 20.5. The number of anilines is 1. The van der Waals surface area contributed by atoms with E-state index in [1.807, 2.05) is 13.8 Å². The Kier molecular flexibility index (Phi) is 10.2. The van der Waals surface area contributed by atoms with Gasteiger partial charge in [-0.2, -0.15) is 0 Å². The lowest BCUT2D eigenvalue weighted by atomic mass is 10.1. The highest BCUT2D eigenvalue weighted by atomic mass is 35.5. The van der Waals surface area contributed by atoms with Gasteiger partial charge in [-0.25, -0.2) is 0 Å². The van der Waals surface area contributed by atoms with E-state index in [1.165, 1.54) is 24.3 Å². The fourth-order valence-electron chi connectivity index (χ4n) is 1.20. The smallest absolute Gasteiger partial charge is 0.320 e. The zero-order chi connectivity index (χ0) is 15.0. The topological polar surface area (TPSA) is 132 Å². The standard InChI is InChI=1S/C6H6N2O2.C6H13NO2.ClH/c7-5-1-3-6(4-2-5)8(9)10;1-4(2)3-5(7)6(8)9;/h1-4H,7H2;4-5H,3,7H2,1-2H3,(H,8,9);1H/t;5-;/m.0./s1. The molecule has 1 rings (SSSR count). The van der Waals surface area contributed by atoms with Crippen molar-refractivity contribution >= 4 is 29.8 Å². The van der Waals surface area contributed by atoms with Crippen molar-refractivity contribution in [3.8, 4) is 0 Å². The number of nitrogens with zero attached hydrogens (tertiary/aromatic N) is 1. The normalized spacial score (nSPS) is 10.8. The summed E-state index contributed by atoms with van der Waals surface area (Å²) in [5.74, 6) is -0.556. The van der Waals surface area contributed by atoms with E-state index in [9.17, 15) is 14.9 Å². The number of hydrogen-bond donors (Lipinski definition) is 3. The van der Waals surface area contributed by atoms with Gasteiger partial charge in [0.1, 0.15) is 6.04 Å². The van der Waals surface area contributed by atoms with Crippen LogP contribution in [0.1, 0.15) is 20.3 Å². The molecule has 5 N–H and O–H groups in total. The van der Waals surface area contributed by atoms with Crippen LogP contribution in [0.5, 0.6) is 0 Å². The van der Waals surface area contributed by atoms with Crippen molar-refractivity contribution in [1.82, 2.24) is 0 Å². The van der Waals surface area contributed by atoms with Crippen molar-refractivity contribution in [3.05, 3.63) is 34.4 Å². The maximum atomic E-state index is 10.1. The molecule has 0 spiro atoms. The van der Waals surface area contributed by atoms with Gasteiger partial charge in [0.05, 0.1) is 4.92 Å². The van der Waals surface area contributed by atoms with Crippen molar-refractivity contribution in [2.24, 2.45) is 11.7 Å². The second-order valence-electron chi connectivity index (χ2n) is 4.42. The molecule has 0 bridgehead atoms. The number of halogens is 1. The van der Waals surface area contributed by atoms with Gasteiger partial charge < -0.3 is 16.6 Å². The van der Waals surface area contributed by atoms with Crippen LogP contribution in [0, 0.1) is 16.0 Å². The third-order valence-corrected chi connectivity index (χ3v) is 2.15. The van der Waals surface area contributed by atoms with Gasteiger partial charge in [0.25, 0.3) is 5.69 Å². The summed E-state index contributed by atoms with van der Waals surface area (Å²) in [4.78, 5) is 19.7. The van der Waals surface area contributed by atoms with E-state index in [1.54, 1.807) is 0 Å². The Morgan fingerprint density at radius 1 is 1.35 bits per heavy atom. The molecule has 20 heavy (non-hydrogen) atoms. The summed E-state index contributed by atoms with van der Waals surface area (Å²) in [7, 11) is 0. The van der Waals surface area contributed by atoms with Crippen LogP contribution in [0.15, 0.2) is 24.3 Å². The lowest BCUT2D eigenvalue weighted by molar-refractivity contribution is -0.384. The van der Waals surface area contributed by atoms with Gasteiger partial charge in [0.2, 0.25) is 0 Å². The maximum absolute atomic E-state index is 10.1. The van der Waals surface area contributed by atoms with Gasteiger partial charge in [0.15, 0.2) is 0 Å². The van der Waals surface area contributed by atoms with E-state index in [2.05, 4.69) is 0 Å². The first-order valence-corrected chi connectivity index (χ1v) is 5.72. The molecule has 0 aliphatic carbocycles. The van der Waals surface area contributed by atoms with Crippen LogP contribution in [-0.2, 0) is 4.79 Å². The van der Waals surface area contributed by atoms with Crippen LogP contribution in [0.3, 0.4) is 0 Å². The van der Waals surface area contributed by atoms with Crippen molar-refractivity contribution in [3.63, 3.8) is 0 Å². The Bertz CT molecular complexity index is 423. The largest absolute Gasteiger partial charge is 0.480 e. The molecule has 1 aromatic carbocycles. The second kappa shape index (κ2) is 9.99. The number of hydrogen-bond acceptors (Lipinski definition) is 5. The predicted octanol–water partition coefficient (Wildman–Crippen LogP) is 2.04. The summed E-state index contributed by atoms with van der Waals surface area (Å²) >= 11 is 0.